The predicted molar refractivity (Wildman–Crippen MR) is 78.7 cm³/mol. The van der Waals surface area contributed by atoms with E-state index in [1.54, 1.807) is 24.3 Å². The van der Waals surface area contributed by atoms with Crippen LogP contribution in [-0.4, -0.2) is 7.05 Å². The fourth-order valence-electron chi connectivity index (χ4n) is 1.88. The highest BCUT2D eigenvalue weighted by Crippen LogP contribution is 2.27. The molecule has 1 N–H and O–H groups in total. The molecule has 18 heavy (non-hydrogen) atoms. The number of hydrogen-bond donors (Lipinski definition) is 1. The monoisotopic (exact) mass is 327 g/mol. The van der Waals surface area contributed by atoms with E-state index in [-0.39, 0.29) is 11.9 Å². The number of rotatable bonds is 4. The van der Waals surface area contributed by atoms with Gasteiger partial charge in [-0.25, -0.2) is 4.39 Å². The van der Waals surface area contributed by atoms with Crippen molar-refractivity contribution in [1.29, 1.82) is 0 Å². The van der Waals surface area contributed by atoms with E-state index in [9.17, 15) is 4.39 Å². The molecule has 4 heteroatoms. The molecule has 0 amide bonds. The van der Waals surface area contributed by atoms with E-state index in [1.165, 1.54) is 4.88 Å². The molecule has 1 heterocycles. The molecule has 0 fully saturated rings. The van der Waals surface area contributed by atoms with Gasteiger partial charge in [-0.1, -0.05) is 12.1 Å². The summed E-state index contributed by atoms with van der Waals surface area (Å²) in [6.07, 6.45) is 0.870. The number of aryl methyl sites for hydroxylation is 1. The van der Waals surface area contributed by atoms with Crippen LogP contribution >= 0.6 is 27.3 Å². The number of benzene rings is 1. The van der Waals surface area contributed by atoms with Gasteiger partial charge in [0.05, 0.1) is 3.79 Å². The third kappa shape index (κ3) is 3.19. The minimum Gasteiger partial charge on any atom is -0.313 e. The van der Waals surface area contributed by atoms with Gasteiger partial charge in [0, 0.05) is 17.3 Å². The van der Waals surface area contributed by atoms with Gasteiger partial charge in [0.1, 0.15) is 5.82 Å². The highest BCUT2D eigenvalue weighted by atomic mass is 79.9. The Balaban J connectivity index is 2.19. The van der Waals surface area contributed by atoms with Crippen LogP contribution in [0.1, 0.15) is 22.0 Å². The van der Waals surface area contributed by atoms with Gasteiger partial charge in [0.15, 0.2) is 0 Å². The molecule has 1 aromatic heterocycles. The van der Waals surface area contributed by atoms with Crippen LogP contribution in [-0.2, 0) is 6.42 Å². The Morgan fingerprint density at radius 2 is 2.11 bits per heavy atom. The minimum atomic E-state index is -0.139. The summed E-state index contributed by atoms with van der Waals surface area (Å²) in [5.41, 5.74) is 1.68. The van der Waals surface area contributed by atoms with E-state index >= 15 is 0 Å². The van der Waals surface area contributed by atoms with Crippen LogP contribution in [0.5, 0.6) is 0 Å². The van der Waals surface area contributed by atoms with E-state index in [2.05, 4.69) is 27.3 Å². The highest BCUT2D eigenvalue weighted by molar-refractivity contribution is 9.11. The molecule has 0 aliphatic rings. The number of halogens is 2. The Labute approximate surface area is 119 Å². The molecule has 1 aromatic carbocycles. The normalized spacial score (nSPS) is 12.7. The quantitative estimate of drug-likeness (QED) is 0.874. The van der Waals surface area contributed by atoms with Crippen molar-refractivity contribution < 1.29 is 4.39 Å². The zero-order valence-corrected chi connectivity index (χ0v) is 12.7. The van der Waals surface area contributed by atoms with Crippen LogP contribution in [0.25, 0.3) is 0 Å². The molecule has 0 bridgehead atoms. The van der Waals surface area contributed by atoms with Gasteiger partial charge in [-0.15, -0.1) is 11.3 Å². The summed E-state index contributed by atoms with van der Waals surface area (Å²) in [4.78, 5) is 1.28. The van der Waals surface area contributed by atoms with Crippen molar-refractivity contribution in [2.75, 3.05) is 7.05 Å². The van der Waals surface area contributed by atoms with Gasteiger partial charge < -0.3 is 5.32 Å². The van der Waals surface area contributed by atoms with Crippen LogP contribution in [0.2, 0.25) is 0 Å². The lowest BCUT2D eigenvalue weighted by molar-refractivity contribution is 0.577. The molecule has 96 valence electrons. The smallest absolute Gasteiger partial charge is 0.126 e. The fraction of sp³-hybridized carbons (Fsp3) is 0.286. The molecule has 1 nitrogen and oxygen atoms in total. The van der Waals surface area contributed by atoms with E-state index < -0.39 is 0 Å². The molecule has 1 atom stereocenters. The zero-order valence-electron chi connectivity index (χ0n) is 10.3. The summed E-state index contributed by atoms with van der Waals surface area (Å²) in [6, 6.07) is 9.73. The van der Waals surface area contributed by atoms with E-state index in [1.807, 2.05) is 25.2 Å². The predicted octanol–water partition coefficient (Wildman–Crippen LogP) is 4.46. The Hall–Kier alpha value is -0.710. The van der Waals surface area contributed by atoms with Gasteiger partial charge in [0.2, 0.25) is 0 Å². The number of hydrogen-bond acceptors (Lipinski definition) is 2. The van der Waals surface area contributed by atoms with Crippen molar-refractivity contribution in [3.63, 3.8) is 0 Å². The fourth-order valence-corrected chi connectivity index (χ4v) is 3.40. The first-order chi connectivity index (χ1) is 8.60. The van der Waals surface area contributed by atoms with Gasteiger partial charge >= 0.3 is 0 Å². The first kappa shape index (κ1) is 13.7. The second kappa shape index (κ2) is 5.95. The van der Waals surface area contributed by atoms with Crippen LogP contribution in [0.3, 0.4) is 0 Å². The van der Waals surface area contributed by atoms with Crippen molar-refractivity contribution in [2.45, 2.75) is 19.4 Å². The maximum absolute atomic E-state index is 13.6. The van der Waals surface area contributed by atoms with Crippen molar-refractivity contribution in [1.82, 2.24) is 5.32 Å². The Bertz CT molecular complexity index is 538. The first-order valence-electron chi connectivity index (χ1n) is 5.77. The molecule has 0 spiro atoms. The molecule has 0 aliphatic heterocycles. The summed E-state index contributed by atoms with van der Waals surface area (Å²) in [5.74, 6) is -0.139. The van der Waals surface area contributed by atoms with E-state index in [0.29, 0.717) is 5.56 Å². The maximum atomic E-state index is 13.6. The minimum absolute atomic E-state index is 0.139. The number of nitrogens with one attached hydrogen (secondary N) is 1. The second-order valence-corrected chi connectivity index (χ2v) is 6.81. The standard InChI is InChI=1S/C14H15BrFNS/c1-9-3-4-10(7-12(9)16)13(17-2)8-11-5-6-14(15)18-11/h3-7,13,17H,8H2,1-2H3. The van der Waals surface area contributed by atoms with Gasteiger partial charge in [-0.2, -0.15) is 0 Å². The molecular formula is C14H15BrFNS. The van der Waals surface area contributed by atoms with E-state index in [0.717, 1.165) is 15.8 Å². The van der Waals surface area contributed by atoms with Crippen LogP contribution in [0, 0.1) is 12.7 Å². The second-order valence-electron chi connectivity index (χ2n) is 4.26. The van der Waals surface area contributed by atoms with Crippen LogP contribution in [0.15, 0.2) is 34.1 Å². The van der Waals surface area contributed by atoms with Crippen LogP contribution in [0.4, 0.5) is 4.39 Å². The lowest BCUT2D eigenvalue weighted by Gasteiger charge is -2.16. The number of thiophene rings is 1. The summed E-state index contributed by atoms with van der Waals surface area (Å²) in [6.45, 7) is 1.78. The van der Waals surface area contributed by atoms with E-state index in [4.69, 9.17) is 0 Å². The highest BCUT2D eigenvalue weighted by Gasteiger charge is 2.12. The molecule has 0 saturated carbocycles. The molecule has 2 rings (SSSR count). The average molecular weight is 328 g/mol. The third-order valence-corrected chi connectivity index (χ3v) is 4.63. The zero-order chi connectivity index (χ0) is 13.1. The molecule has 0 radical (unpaired) electrons. The molecule has 0 saturated heterocycles. The summed E-state index contributed by atoms with van der Waals surface area (Å²) < 4.78 is 14.7. The summed E-state index contributed by atoms with van der Waals surface area (Å²) >= 11 is 5.18. The lowest BCUT2D eigenvalue weighted by atomic mass is 10.0. The molecule has 0 aliphatic carbocycles. The first-order valence-corrected chi connectivity index (χ1v) is 7.38. The van der Waals surface area contributed by atoms with Crippen LogP contribution < -0.4 is 5.32 Å². The third-order valence-electron chi connectivity index (χ3n) is 2.98. The maximum Gasteiger partial charge on any atom is 0.126 e. The summed E-state index contributed by atoms with van der Waals surface area (Å²) in [7, 11) is 1.91. The summed E-state index contributed by atoms with van der Waals surface area (Å²) in [5, 5.41) is 3.25. The SMILES string of the molecule is CNC(Cc1ccc(Br)s1)c1ccc(C)c(F)c1. The van der Waals surface area contributed by atoms with Crippen molar-refractivity contribution in [3.8, 4) is 0 Å². The molecular weight excluding hydrogens is 313 g/mol. The van der Waals surface area contributed by atoms with Gasteiger partial charge in [0.25, 0.3) is 0 Å². The topological polar surface area (TPSA) is 12.0 Å². The number of likely N-dealkylation sites (N-methyl/N-ethyl adjacent to an activating group) is 1. The largest absolute Gasteiger partial charge is 0.313 e. The Kier molecular flexibility index (Phi) is 4.54. The van der Waals surface area contributed by atoms with Crippen molar-refractivity contribution in [2.24, 2.45) is 0 Å². The van der Waals surface area contributed by atoms with Crippen molar-refractivity contribution in [3.05, 3.63) is 55.9 Å². The van der Waals surface area contributed by atoms with Crippen molar-refractivity contribution >= 4 is 27.3 Å². The molecule has 1 unspecified atom stereocenters. The average Bonchev–Trinajstić information content (AvgIpc) is 2.75. The Morgan fingerprint density at radius 3 is 2.67 bits per heavy atom. The lowest BCUT2D eigenvalue weighted by Crippen LogP contribution is -2.18. The van der Waals surface area contributed by atoms with Gasteiger partial charge in [-0.05, 0) is 59.2 Å². The van der Waals surface area contributed by atoms with Gasteiger partial charge in [-0.3, -0.25) is 0 Å². The molecule has 2 aromatic rings. The Morgan fingerprint density at radius 1 is 1.33 bits per heavy atom.